The molecule has 6 nitrogen and oxygen atoms in total. The predicted molar refractivity (Wildman–Crippen MR) is 79.1 cm³/mol. The number of fused-ring (bicyclic) bond motifs is 1. The topological polar surface area (TPSA) is 95.6 Å². The van der Waals surface area contributed by atoms with Crippen molar-refractivity contribution in [2.24, 2.45) is 0 Å². The van der Waals surface area contributed by atoms with Crippen LogP contribution in [0.4, 0.5) is 0 Å². The molecule has 0 spiro atoms. The van der Waals surface area contributed by atoms with Gasteiger partial charge < -0.3 is 9.51 Å². The number of aryl methyl sites for hydroxylation is 2. The molecule has 1 N–H and O–H groups in total. The Morgan fingerprint density at radius 1 is 1.41 bits per heavy atom. The number of Topliss-reactive ketones (excluding diaryl/α,β-unsaturated/α-hetero) is 1. The summed E-state index contributed by atoms with van der Waals surface area (Å²) in [5, 5.41) is 13.2. The molecule has 0 amide bonds. The molecule has 1 atom stereocenters. The summed E-state index contributed by atoms with van der Waals surface area (Å²) >= 11 is 0. The summed E-state index contributed by atoms with van der Waals surface area (Å²) in [4.78, 5) is 19.9. The molecule has 0 fully saturated rings. The molecule has 0 bridgehead atoms. The smallest absolute Gasteiger partial charge is 0.162 e. The van der Waals surface area contributed by atoms with Crippen LogP contribution in [0.25, 0.3) is 11.0 Å². The first-order valence-electron chi connectivity index (χ1n) is 6.89. The largest absolute Gasteiger partial charge is 0.361 e. The molecule has 0 aliphatic carbocycles. The monoisotopic (exact) mass is 294 g/mol. The van der Waals surface area contributed by atoms with E-state index in [2.05, 4.69) is 15.1 Å². The third kappa shape index (κ3) is 2.37. The van der Waals surface area contributed by atoms with Crippen LogP contribution in [0.5, 0.6) is 0 Å². The van der Waals surface area contributed by atoms with Gasteiger partial charge >= 0.3 is 0 Å². The fourth-order valence-electron chi connectivity index (χ4n) is 2.43. The van der Waals surface area contributed by atoms with E-state index in [9.17, 15) is 10.1 Å². The van der Waals surface area contributed by atoms with Crippen molar-refractivity contribution in [2.45, 2.75) is 26.2 Å². The van der Waals surface area contributed by atoms with Gasteiger partial charge in [-0.1, -0.05) is 17.3 Å². The molecule has 3 rings (SSSR count). The number of hydrogen-bond donors (Lipinski definition) is 1. The van der Waals surface area contributed by atoms with Crippen molar-refractivity contribution in [1.82, 2.24) is 15.1 Å². The highest BCUT2D eigenvalue weighted by Crippen LogP contribution is 2.21. The number of nitrogens with zero attached hydrogens (tertiary/aromatic N) is 3. The summed E-state index contributed by atoms with van der Waals surface area (Å²) in [6.45, 7) is 3.53. The lowest BCUT2D eigenvalue weighted by atomic mass is 9.97. The summed E-state index contributed by atoms with van der Waals surface area (Å²) < 4.78 is 5.05. The van der Waals surface area contributed by atoms with E-state index in [0.717, 1.165) is 16.6 Å². The van der Waals surface area contributed by atoms with Crippen molar-refractivity contribution >= 4 is 16.8 Å². The number of imidazole rings is 1. The number of rotatable bonds is 4. The summed E-state index contributed by atoms with van der Waals surface area (Å²) in [5.74, 6) is -0.176. The molecule has 0 aliphatic heterocycles. The lowest BCUT2D eigenvalue weighted by Gasteiger charge is -2.05. The third-order valence-electron chi connectivity index (χ3n) is 3.66. The predicted octanol–water partition coefficient (Wildman–Crippen LogP) is 2.59. The zero-order valence-electron chi connectivity index (χ0n) is 12.3. The van der Waals surface area contributed by atoms with Gasteiger partial charge in [0.1, 0.15) is 11.6 Å². The number of carbonyl (C=O) groups excluding carboxylic acids is 1. The molecule has 2 heterocycles. The van der Waals surface area contributed by atoms with Gasteiger partial charge in [0.25, 0.3) is 0 Å². The molecular formula is C16H14N4O2. The van der Waals surface area contributed by atoms with Gasteiger partial charge in [0.2, 0.25) is 0 Å². The molecule has 22 heavy (non-hydrogen) atoms. The Kier molecular flexibility index (Phi) is 3.47. The average molecular weight is 294 g/mol. The van der Waals surface area contributed by atoms with E-state index in [1.165, 1.54) is 0 Å². The van der Waals surface area contributed by atoms with Crippen LogP contribution < -0.4 is 0 Å². The maximum absolute atomic E-state index is 12.5. The van der Waals surface area contributed by atoms with Crippen molar-refractivity contribution in [2.75, 3.05) is 0 Å². The van der Waals surface area contributed by atoms with E-state index in [0.29, 0.717) is 17.3 Å². The number of aromatic nitrogens is 3. The second kappa shape index (κ2) is 5.45. The van der Waals surface area contributed by atoms with E-state index < -0.39 is 5.92 Å². The highest BCUT2D eigenvalue weighted by Gasteiger charge is 2.25. The van der Waals surface area contributed by atoms with E-state index in [4.69, 9.17) is 4.52 Å². The number of H-pyrrole nitrogens is 1. The minimum Gasteiger partial charge on any atom is -0.361 e. The van der Waals surface area contributed by atoms with Crippen molar-refractivity contribution in [3.05, 3.63) is 47.1 Å². The van der Waals surface area contributed by atoms with E-state index in [1.54, 1.807) is 13.8 Å². The molecule has 2 aromatic heterocycles. The Balaban J connectivity index is 1.90. The molecule has 0 unspecified atom stereocenters. The van der Waals surface area contributed by atoms with Crippen LogP contribution in [-0.4, -0.2) is 20.9 Å². The SMILES string of the molecule is Cc1noc(C)c1CC(=O)[C@@H](C#N)c1nc2ccccc2[nH]1. The van der Waals surface area contributed by atoms with Crippen LogP contribution in [0.3, 0.4) is 0 Å². The fourth-order valence-corrected chi connectivity index (χ4v) is 2.43. The first kappa shape index (κ1) is 14.0. The van der Waals surface area contributed by atoms with Crippen LogP contribution in [0, 0.1) is 25.2 Å². The second-order valence-electron chi connectivity index (χ2n) is 5.15. The quantitative estimate of drug-likeness (QED) is 0.797. The summed E-state index contributed by atoms with van der Waals surface area (Å²) in [5.41, 5.74) is 2.96. The first-order chi connectivity index (χ1) is 10.6. The maximum Gasteiger partial charge on any atom is 0.162 e. The fraction of sp³-hybridized carbons (Fsp3) is 0.250. The molecule has 110 valence electrons. The Morgan fingerprint density at radius 2 is 2.18 bits per heavy atom. The Bertz CT molecular complexity index is 833. The Morgan fingerprint density at radius 3 is 2.82 bits per heavy atom. The summed E-state index contributed by atoms with van der Waals surface area (Å²) in [6.07, 6.45) is 0.108. The van der Waals surface area contributed by atoms with Gasteiger partial charge in [0.05, 0.1) is 22.8 Å². The van der Waals surface area contributed by atoms with Gasteiger partial charge in [-0.3, -0.25) is 4.79 Å². The lowest BCUT2D eigenvalue weighted by molar-refractivity contribution is -0.118. The van der Waals surface area contributed by atoms with Crippen LogP contribution in [0.1, 0.15) is 28.8 Å². The Labute approximate surface area is 126 Å². The molecule has 0 aliphatic rings. The summed E-state index contributed by atoms with van der Waals surface area (Å²) in [6, 6.07) is 9.47. The molecule has 3 aromatic rings. The number of aromatic amines is 1. The van der Waals surface area contributed by atoms with Crippen molar-refractivity contribution in [1.29, 1.82) is 5.26 Å². The maximum atomic E-state index is 12.5. The highest BCUT2D eigenvalue weighted by molar-refractivity contribution is 5.90. The van der Waals surface area contributed by atoms with Gasteiger partial charge in [-0.05, 0) is 26.0 Å². The van der Waals surface area contributed by atoms with E-state index in [-0.39, 0.29) is 12.2 Å². The number of nitriles is 1. The van der Waals surface area contributed by atoms with Gasteiger partial charge in [-0.2, -0.15) is 5.26 Å². The summed E-state index contributed by atoms with van der Waals surface area (Å²) in [7, 11) is 0. The number of hydrogen-bond acceptors (Lipinski definition) is 5. The highest BCUT2D eigenvalue weighted by atomic mass is 16.5. The molecule has 0 saturated carbocycles. The van der Waals surface area contributed by atoms with Crippen molar-refractivity contribution in [3.8, 4) is 6.07 Å². The van der Waals surface area contributed by atoms with Crippen molar-refractivity contribution < 1.29 is 9.32 Å². The minimum atomic E-state index is -0.930. The second-order valence-corrected chi connectivity index (χ2v) is 5.15. The van der Waals surface area contributed by atoms with E-state index in [1.807, 2.05) is 30.3 Å². The standard InChI is InChI=1S/C16H14N4O2/c1-9-11(10(2)22-20-9)7-15(21)12(8-17)16-18-13-5-3-4-6-14(13)19-16/h3-6,12H,7H2,1-2H3,(H,18,19)/t12-/m1/s1. The molecular weight excluding hydrogens is 280 g/mol. The van der Waals surface area contributed by atoms with E-state index >= 15 is 0 Å². The number of benzene rings is 1. The lowest BCUT2D eigenvalue weighted by Crippen LogP contribution is -2.15. The molecule has 0 saturated heterocycles. The average Bonchev–Trinajstić information content (AvgIpc) is 3.06. The molecule has 6 heteroatoms. The van der Waals surface area contributed by atoms with Crippen LogP contribution in [0.15, 0.2) is 28.8 Å². The van der Waals surface area contributed by atoms with Crippen LogP contribution in [-0.2, 0) is 11.2 Å². The number of para-hydroxylation sites is 2. The van der Waals surface area contributed by atoms with Gasteiger partial charge in [-0.25, -0.2) is 4.98 Å². The van der Waals surface area contributed by atoms with Crippen molar-refractivity contribution in [3.63, 3.8) is 0 Å². The minimum absolute atomic E-state index is 0.108. The van der Waals surface area contributed by atoms with Gasteiger partial charge in [0.15, 0.2) is 11.7 Å². The number of nitrogens with one attached hydrogen (secondary N) is 1. The first-order valence-corrected chi connectivity index (χ1v) is 6.89. The zero-order valence-corrected chi connectivity index (χ0v) is 12.3. The zero-order chi connectivity index (χ0) is 15.7. The molecule has 0 radical (unpaired) electrons. The molecule has 1 aromatic carbocycles. The van der Waals surface area contributed by atoms with Crippen LogP contribution in [0.2, 0.25) is 0 Å². The van der Waals surface area contributed by atoms with Crippen LogP contribution >= 0.6 is 0 Å². The normalized spacial score (nSPS) is 12.2. The number of carbonyl (C=O) groups is 1. The Hall–Kier alpha value is -2.94. The van der Waals surface area contributed by atoms with Gasteiger partial charge in [-0.15, -0.1) is 0 Å². The number of ketones is 1. The van der Waals surface area contributed by atoms with Gasteiger partial charge in [0, 0.05) is 12.0 Å². The third-order valence-corrected chi connectivity index (χ3v) is 3.66.